The maximum Gasteiger partial charge on any atom is 0.266 e. The number of halogens is 3. The quantitative estimate of drug-likeness (QED) is 0.243. The average Bonchev–Trinajstić information content (AvgIpc) is 2.69. The fourth-order valence-corrected chi connectivity index (χ4v) is 3.89. The Morgan fingerprint density at radius 3 is 2.18 bits per heavy atom. The van der Waals surface area contributed by atoms with E-state index in [-0.39, 0.29) is 5.56 Å². The Hall–Kier alpha value is -1.77. The molecule has 0 fully saturated rings. The summed E-state index contributed by atoms with van der Waals surface area (Å²) in [6.45, 7) is 0. The van der Waals surface area contributed by atoms with E-state index in [2.05, 4.69) is 54.5 Å². The third-order valence-electron chi connectivity index (χ3n) is 4.24. The highest BCUT2D eigenvalue weighted by Gasteiger charge is 2.11. The molecule has 3 nitrogen and oxygen atoms in total. The highest BCUT2D eigenvalue weighted by Crippen LogP contribution is 2.19. The van der Waals surface area contributed by atoms with Crippen LogP contribution in [-0.2, 0) is 0 Å². The minimum Gasteiger partial charge on any atom is -0.268 e. The van der Waals surface area contributed by atoms with E-state index in [0.29, 0.717) is 16.7 Å². The zero-order chi connectivity index (χ0) is 19.7. The van der Waals surface area contributed by atoms with Crippen molar-refractivity contribution in [2.75, 3.05) is 0 Å². The molecule has 0 N–H and O–H groups in total. The van der Waals surface area contributed by atoms with Gasteiger partial charge in [-0.05, 0) is 88.8 Å². The number of fused-ring (bicyclic) bond motifs is 1. The van der Waals surface area contributed by atoms with E-state index < -0.39 is 0 Å². The normalized spacial score (nSPS) is 11.4. The van der Waals surface area contributed by atoms with Gasteiger partial charge in [0.1, 0.15) is 5.82 Å². The zero-order valence-electron chi connectivity index (χ0n) is 14.4. The minimum absolute atomic E-state index is 0.0821. The first-order valence-corrected chi connectivity index (χ1v) is 11.1. The second-order valence-corrected chi connectivity index (χ2v) is 9.21. The molecule has 0 aliphatic rings. The second-order valence-electron chi connectivity index (χ2n) is 6.13. The molecule has 28 heavy (non-hydrogen) atoms. The van der Waals surface area contributed by atoms with Gasteiger partial charge in [-0.1, -0.05) is 50.1 Å². The summed E-state index contributed by atoms with van der Waals surface area (Å²) in [5.74, 6) is 0.587. The molecular formula is C22H13Br2IN2O. The molecule has 138 valence electrons. The maximum absolute atomic E-state index is 13.3. The molecule has 0 saturated heterocycles. The monoisotopic (exact) mass is 606 g/mol. The van der Waals surface area contributed by atoms with E-state index >= 15 is 0 Å². The van der Waals surface area contributed by atoms with Gasteiger partial charge in [-0.15, -0.1) is 0 Å². The summed E-state index contributed by atoms with van der Waals surface area (Å²) in [5.41, 5.74) is 2.41. The lowest BCUT2D eigenvalue weighted by Gasteiger charge is -2.12. The summed E-state index contributed by atoms with van der Waals surface area (Å²) in [5, 5.41) is 0.607. The first-order chi connectivity index (χ1) is 13.5. The largest absolute Gasteiger partial charge is 0.268 e. The van der Waals surface area contributed by atoms with Crippen molar-refractivity contribution >= 4 is 77.5 Å². The van der Waals surface area contributed by atoms with Crippen molar-refractivity contribution in [3.05, 3.63) is 101 Å². The van der Waals surface area contributed by atoms with E-state index in [0.717, 1.165) is 23.8 Å². The third kappa shape index (κ3) is 4.14. The van der Waals surface area contributed by atoms with Crippen molar-refractivity contribution in [3.63, 3.8) is 0 Å². The van der Waals surface area contributed by atoms with Crippen LogP contribution in [0.1, 0.15) is 11.4 Å². The summed E-state index contributed by atoms with van der Waals surface area (Å²) in [6.07, 6.45) is 3.84. The Kier molecular flexibility index (Phi) is 5.80. The highest BCUT2D eigenvalue weighted by atomic mass is 127. The predicted molar refractivity (Wildman–Crippen MR) is 131 cm³/mol. The summed E-state index contributed by atoms with van der Waals surface area (Å²) in [4.78, 5) is 18.1. The van der Waals surface area contributed by atoms with Gasteiger partial charge in [0.05, 0.1) is 16.6 Å². The molecule has 0 amide bonds. The van der Waals surface area contributed by atoms with E-state index in [1.807, 2.05) is 78.9 Å². The molecule has 0 radical (unpaired) electrons. The number of rotatable bonds is 3. The summed E-state index contributed by atoms with van der Waals surface area (Å²) in [7, 11) is 0. The van der Waals surface area contributed by atoms with Crippen LogP contribution in [0.25, 0.3) is 28.7 Å². The molecular weight excluding hydrogens is 595 g/mol. The van der Waals surface area contributed by atoms with Crippen LogP contribution in [0, 0.1) is 3.57 Å². The van der Waals surface area contributed by atoms with Crippen LogP contribution in [-0.4, -0.2) is 9.55 Å². The smallest absolute Gasteiger partial charge is 0.266 e. The maximum atomic E-state index is 13.3. The third-order valence-corrected chi connectivity index (χ3v) is 5.96. The molecule has 0 atom stereocenters. The first-order valence-electron chi connectivity index (χ1n) is 8.43. The van der Waals surface area contributed by atoms with Crippen molar-refractivity contribution < 1.29 is 0 Å². The molecule has 4 aromatic rings. The van der Waals surface area contributed by atoms with Crippen LogP contribution < -0.4 is 5.56 Å². The predicted octanol–water partition coefficient (Wildman–Crippen LogP) is 6.69. The van der Waals surface area contributed by atoms with Crippen molar-refractivity contribution in [2.45, 2.75) is 0 Å². The highest BCUT2D eigenvalue weighted by molar-refractivity contribution is 14.1. The fourth-order valence-electron chi connectivity index (χ4n) is 2.87. The van der Waals surface area contributed by atoms with Gasteiger partial charge in [-0.3, -0.25) is 9.36 Å². The van der Waals surface area contributed by atoms with Crippen LogP contribution >= 0.6 is 54.5 Å². The lowest BCUT2D eigenvalue weighted by atomic mass is 10.2. The molecule has 0 spiro atoms. The first kappa shape index (κ1) is 19.5. The van der Waals surface area contributed by atoms with E-state index in [4.69, 9.17) is 4.98 Å². The van der Waals surface area contributed by atoms with Crippen LogP contribution in [0.4, 0.5) is 0 Å². The van der Waals surface area contributed by atoms with E-state index in [1.165, 1.54) is 0 Å². The Morgan fingerprint density at radius 2 is 1.50 bits per heavy atom. The van der Waals surface area contributed by atoms with Gasteiger partial charge in [0.15, 0.2) is 0 Å². The van der Waals surface area contributed by atoms with E-state index in [9.17, 15) is 4.79 Å². The average molecular weight is 608 g/mol. The SMILES string of the molecule is O=c1c2cc(I)ccc2nc(/C=C/c2ccc(Br)cc2)n1-c1ccc(Br)cc1. The summed E-state index contributed by atoms with van der Waals surface area (Å²) >= 11 is 9.11. The second kappa shape index (κ2) is 8.31. The van der Waals surface area contributed by atoms with Gasteiger partial charge in [-0.2, -0.15) is 0 Å². The van der Waals surface area contributed by atoms with Crippen molar-refractivity contribution in [2.24, 2.45) is 0 Å². The molecule has 0 saturated carbocycles. The Labute approximate surface area is 192 Å². The Balaban J connectivity index is 1.93. The van der Waals surface area contributed by atoms with Crippen molar-refractivity contribution in [1.82, 2.24) is 9.55 Å². The van der Waals surface area contributed by atoms with Crippen LogP contribution in [0.3, 0.4) is 0 Å². The van der Waals surface area contributed by atoms with Crippen LogP contribution in [0.5, 0.6) is 0 Å². The fraction of sp³-hybridized carbons (Fsp3) is 0. The number of hydrogen-bond donors (Lipinski definition) is 0. The molecule has 3 aromatic carbocycles. The summed E-state index contributed by atoms with van der Waals surface area (Å²) in [6, 6.07) is 21.4. The Morgan fingerprint density at radius 1 is 0.857 bits per heavy atom. The number of hydrogen-bond acceptors (Lipinski definition) is 2. The number of benzene rings is 3. The molecule has 1 aromatic heterocycles. The lowest BCUT2D eigenvalue weighted by molar-refractivity contribution is 0.943. The van der Waals surface area contributed by atoms with Gasteiger partial charge < -0.3 is 0 Å². The summed E-state index contributed by atoms with van der Waals surface area (Å²) < 4.78 is 4.64. The molecule has 0 unspecified atom stereocenters. The zero-order valence-corrected chi connectivity index (χ0v) is 19.8. The molecule has 0 aliphatic carbocycles. The number of aromatic nitrogens is 2. The molecule has 6 heteroatoms. The molecule has 4 rings (SSSR count). The number of nitrogens with zero attached hydrogens (tertiary/aromatic N) is 2. The van der Waals surface area contributed by atoms with E-state index in [1.54, 1.807) is 4.57 Å². The van der Waals surface area contributed by atoms with Crippen molar-refractivity contribution in [1.29, 1.82) is 0 Å². The van der Waals surface area contributed by atoms with Crippen LogP contribution in [0.2, 0.25) is 0 Å². The van der Waals surface area contributed by atoms with Gasteiger partial charge in [-0.25, -0.2) is 4.98 Å². The molecule has 0 bridgehead atoms. The van der Waals surface area contributed by atoms with Crippen LogP contribution in [0.15, 0.2) is 80.5 Å². The standard InChI is InChI=1S/C22H13Br2IN2O/c23-15-4-1-14(2-5-15)3-12-21-26-20-11-8-17(25)13-19(20)22(28)27(21)18-9-6-16(24)7-10-18/h1-13H/b12-3+. The Bertz CT molecular complexity index is 1250. The van der Waals surface area contributed by atoms with Gasteiger partial charge >= 0.3 is 0 Å². The molecule has 0 aliphatic heterocycles. The lowest BCUT2D eigenvalue weighted by Crippen LogP contribution is -2.22. The van der Waals surface area contributed by atoms with Gasteiger partial charge in [0, 0.05) is 12.5 Å². The van der Waals surface area contributed by atoms with Crippen molar-refractivity contribution in [3.8, 4) is 5.69 Å². The topological polar surface area (TPSA) is 34.9 Å². The van der Waals surface area contributed by atoms with Gasteiger partial charge in [0.25, 0.3) is 5.56 Å². The molecule has 1 heterocycles. The minimum atomic E-state index is -0.0821. The van der Waals surface area contributed by atoms with Gasteiger partial charge in [0.2, 0.25) is 0 Å².